The highest BCUT2D eigenvalue weighted by atomic mass is 19.4. The van der Waals surface area contributed by atoms with E-state index in [0.29, 0.717) is 11.4 Å². The molecule has 0 atom stereocenters. The topological polar surface area (TPSA) is 105 Å². The van der Waals surface area contributed by atoms with Crippen LogP contribution < -0.4 is 0 Å². The Morgan fingerprint density at radius 2 is 1.59 bits per heavy atom. The van der Waals surface area contributed by atoms with Crippen LogP contribution in [0.2, 0.25) is 0 Å². The van der Waals surface area contributed by atoms with Gasteiger partial charge >= 0.3 is 18.1 Å². The van der Waals surface area contributed by atoms with Crippen LogP contribution in [0.25, 0.3) is 5.69 Å². The summed E-state index contributed by atoms with van der Waals surface area (Å²) in [6, 6.07) is 6.52. The van der Waals surface area contributed by atoms with Crippen molar-refractivity contribution in [3.63, 3.8) is 0 Å². The Morgan fingerprint density at radius 1 is 1.00 bits per heavy atom. The number of aryl methyl sites for hydroxylation is 1. The van der Waals surface area contributed by atoms with Crippen LogP contribution >= 0.6 is 0 Å². The van der Waals surface area contributed by atoms with Crippen molar-refractivity contribution in [2.24, 2.45) is 0 Å². The van der Waals surface area contributed by atoms with Gasteiger partial charge in [0.25, 0.3) is 0 Å². The lowest BCUT2D eigenvalue weighted by molar-refractivity contribution is -0.141. The number of pyridine rings is 1. The Balaban J connectivity index is 0.000000212. The number of benzene rings is 1. The smallest absolute Gasteiger partial charge is 0.433 e. The van der Waals surface area contributed by atoms with E-state index in [1.165, 1.54) is 44.4 Å². The van der Waals surface area contributed by atoms with Crippen LogP contribution in [0, 0.1) is 13.8 Å². The van der Waals surface area contributed by atoms with Crippen LogP contribution in [0.1, 0.15) is 37.7 Å². The molecule has 0 amide bonds. The van der Waals surface area contributed by atoms with Crippen LogP contribution in [0.3, 0.4) is 0 Å². The second-order valence-electron chi connectivity index (χ2n) is 5.86. The number of imidazole rings is 1. The molecule has 0 saturated heterocycles. The first-order valence-corrected chi connectivity index (χ1v) is 8.11. The van der Waals surface area contributed by atoms with Crippen molar-refractivity contribution >= 4 is 11.9 Å². The van der Waals surface area contributed by atoms with Crippen LogP contribution in [0.15, 0.2) is 49.1 Å². The zero-order chi connectivity index (χ0) is 21.8. The number of rotatable bonds is 3. The Kier molecular flexibility index (Phi) is 6.37. The summed E-state index contributed by atoms with van der Waals surface area (Å²) in [5.74, 6) is -2.22. The number of aromatic nitrogens is 3. The highest BCUT2D eigenvalue weighted by Crippen LogP contribution is 2.28. The molecule has 2 aromatic heterocycles. The summed E-state index contributed by atoms with van der Waals surface area (Å²) >= 11 is 0. The van der Waals surface area contributed by atoms with Gasteiger partial charge in [0.05, 0.1) is 28.8 Å². The molecule has 2 N–H and O–H groups in total. The van der Waals surface area contributed by atoms with Gasteiger partial charge in [-0.15, -0.1) is 0 Å². The molecule has 152 valence electrons. The molecule has 0 radical (unpaired) electrons. The second-order valence-corrected chi connectivity index (χ2v) is 5.86. The third-order valence-electron chi connectivity index (χ3n) is 3.93. The summed E-state index contributed by atoms with van der Waals surface area (Å²) in [7, 11) is 0. The fraction of sp³-hybridized carbons (Fsp3) is 0.158. The monoisotopic (exact) mass is 407 g/mol. The Hall–Kier alpha value is -3.69. The minimum atomic E-state index is -4.40. The fourth-order valence-corrected chi connectivity index (χ4v) is 2.49. The summed E-state index contributed by atoms with van der Waals surface area (Å²) < 4.78 is 38.7. The molecule has 0 spiro atoms. The van der Waals surface area contributed by atoms with Crippen LogP contribution in [0.4, 0.5) is 13.2 Å². The van der Waals surface area contributed by atoms with E-state index in [9.17, 15) is 22.8 Å². The van der Waals surface area contributed by atoms with E-state index in [4.69, 9.17) is 10.2 Å². The predicted molar refractivity (Wildman–Crippen MR) is 96.2 cm³/mol. The number of halogens is 3. The van der Waals surface area contributed by atoms with Crippen molar-refractivity contribution in [3.8, 4) is 5.69 Å². The Bertz CT molecular complexity index is 999. The lowest BCUT2D eigenvalue weighted by Crippen LogP contribution is -2.10. The van der Waals surface area contributed by atoms with Crippen LogP contribution in [-0.4, -0.2) is 36.7 Å². The molecule has 0 aliphatic rings. The maximum atomic E-state index is 12.4. The molecule has 0 unspecified atom stereocenters. The Labute approximate surface area is 163 Å². The fourth-order valence-electron chi connectivity index (χ4n) is 2.49. The second kappa shape index (κ2) is 8.55. The zero-order valence-corrected chi connectivity index (χ0v) is 15.3. The number of carbonyl (C=O) groups is 2. The minimum absolute atomic E-state index is 0.0277. The van der Waals surface area contributed by atoms with Gasteiger partial charge in [-0.2, -0.15) is 13.2 Å². The van der Waals surface area contributed by atoms with Gasteiger partial charge in [-0.05, 0) is 43.7 Å². The van der Waals surface area contributed by atoms with E-state index in [2.05, 4.69) is 9.97 Å². The quantitative estimate of drug-likeness (QED) is 0.680. The van der Waals surface area contributed by atoms with Crippen molar-refractivity contribution < 1.29 is 33.0 Å². The summed E-state index contributed by atoms with van der Waals surface area (Å²) in [5, 5.41) is 17.4. The molecule has 0 bridgehead atoms. The molecular formula is C19H16F3N3O4. The van der Waals surface area contributed by atoms with Crippen molar-refractivity contribution in [2.75, 3.05) is 0 Å². The first kappa shape index (κ1) is 21.6. The van der Waals surface area contributed by atoms with Gasteiger partial charge in [0.15, 0.2) is 0 Å². The summed E-state index contributed by atoms with van der Waals surface area (Å²) in [4.78, 5) is 28.6. The highest BCUT2D eigenvalue weighted by molar-refractivity contribution is 5.96. The molecule has 7 nitrogen and oxygen atoms in total. The number of alkyl halides is 3. The van der Waals surface area contributed by atoms with Gasteiger partial charge in [0, 0.05) is 12.4 Å². The van der Waals surface area contributed by atoms with Gasteiger partial charge in [-0.25, -0.2) is 19.6 Å². The molecule has 0 aliphatic heterocycles. The number of aromatic carboxylic acids is 2. The largest absolute Gasteiger partial charge is 0.478 e. The molecule has 3 aromatic rings. The van der Waals surface area contributed by atoms with E-state index in [0.717, 1.165) is 6.07 Å². The first-order chi connectivity index (χ1) is 13.5. The van der Waals surface area contributed by atoms with Gasteiger partial charge in [-0.1, -0.05) is 6.07 Å². The maximum Gasteiger partial charge on any atom is 0.433 e. The molecule has 10 heteroatoms. The van der Waals surface area contributed by atoms with Gasteiger partial charge in [0.2, 0.25) is 0 Å². The molecular weight excluding hydrogens is 391 g/mol. The third-order valence-corrected chi connectivity index (χ3v) is 3.93. The molecule has 0 saturated carbocycles. The van der Waals surface area contributed by atoms with E-state index in [-0.39, 0.29) is 16.7 Å². The number of hydrogen-bond acceptors (Lipinski definition) is 4. The Morgan fingerprint density at radius 3 is 2.00 bits per heavy atom. The molecule has 2 heterocycles. The summed E-state index contributed by atoms with van der Waals surface area (Å²) in [5.41, 5.74) is 0.356. The van der Waals surface area contributed by atoms with Gasteiger partial charge in [0.1, 0.15) is 5.69 Å². The third kappa shape index (κ3) is 5.18. The number of hydrogen-bond donors (Lipinski definition) is 2. The SMILES string of the molecule is Cc1c(C(=O)O)cccc1C(=O)O.Cc1nc(C(F)(F)F)ccc1-n1ccnc1. The molecule has 0 aliphatic carbocycles. The minimum Gasteiger partial charge on any atom is -0.478 e. The van der Waals surface area contributed by atoms with Crippen molar-refractivity contribution in [3.05, 3.63) is 77.1 Å². The standard InChI is InChI=1S/C10H8F3N3.C9H8O4/c1-7-8(16-5-4-14-6-16)2-3-9(15-7)10(11,12)13;1-5-6(8(10)11)3-2-4-7(5)9(12)13/h2-6H,1H3;2-4H,1H3,(H,10,11)(H,12,13). The molecule has 1 aromatic carbocycles. The summed E-state index contributed by atoms with van der Waals surface area (Å²) in [6.07, 6.45) is 0.309. The molecule has 29 heavy (non-hydrogen) atoms. The van der Waals surface area contributed by atoms with E-state index in [1.54, 1.807) is 17.0 Å². The van der Waals surface area contributed by atoms with Crippen molar-refractivity contribution in [1.29, 1.82) is 0 Å². The van der Waals surface area contributed by atoms with E-state index in [1.807, 2.05) is 0 Å². The molecule has 0 fully saturated rings. The average molecular weight is 407 g/mol. The van der Waals surface area contributed by atoms with E-state index >= 15 is 0 Å². The van der Waals surface area contributed by atoms with Crippen LogP contribution in [-0.2, 0) is 6.18 Å². The predicted octanol–water partition coefficient (Wildman–Crippen LogP) is 3.99. The molecule has 3 rings (SSSR count). The van der Waals surface area contributed by atoms with E-state index < -0.39 is 23.8 Å². The van der Waals surface area contributed by atoms with Crippen molar-refractivity contribution in [2.45, 2.75) is 20.0 Å². The number of carboxylic acid groups (broad SMARTS) is 2. The number of carboxylic acids is 2. The first-order valence-electron chi connectivity index (χ1n) is 8.11. The lowest BCUT2D eigenvalue weighted by atomic mass is 10.0. The average Bonchev–Trinajstić information content (AvgIpc) is 3.15. The van der Waals surface area contributed by atoms with Crippen molar-refractivity contribution in [1.82, 2.24) is 14.5 Å². The maximum absolute atomic E-state index is 12.4. The lowest BCUT2D eigenvalue weighted by Gasteiger charge is -2.10. The zero-order valence-electron chi connectivity index (χ0n) is 15.3. The summed E-state index contributed by atoms with van der Waals surface area (Å²) in [6.45, 7) is 3.01. The number of nitrogens with zero attached hydrogens (tertiary/aromatic N) is 3. The van der Waals surface area contributed by atoms with Gasteiger partial charge < -0.3 is 14.8 Å². The highest BCUT2D eigenvalue weighted by Gasteiger charge is 2.32. The van der Waals surface area contributed by atoms with Crippen LogP contribution in [0.5, 0.6) is 0 Å². The normalized spacial score (nSPS) is 10.8. The van der Waals surface area contributed by atoms with Gasteiger partial charge in [-0.3, -0.25) is 0 Å².